The topological polar surface area (TPSA) is 82.5 Å². The summed E-state index contributed by atoms with van der Waals surface area (Å²) in [7, 11) is 0. The first-order valence-corrected chi connectivity index (χ1v) is 12.9. The number of carbonyl (C=O) groups excluding carboxylic acids is 2. The number of likely N-dealkylation sites (tertiary alicyclic amines) is 1. The first-order valence-electron chi connectivity index (χ1n) is 12.0. The van der Waals surface area contributed by atoms with Crippen LogP contribution >= 0.6 is 11.3 Å². The number of halogens is 3. The van der Waals surface area contributed by atoms with Crippen LogP contribution in [0.3, 0.4) is 0 Å². The van der Waals surface area contributed by atoms with Crippen LogP contribution in [0.25, 0.3) is 0 Å². The summed E-state index contributed by atoms with van der Waals surface area (Å²) in [4.78, 5) is 43.6. The Morgan fingerprint density at radius 3 is 2.30 bits per heavy atom. The van der Waals surface area contributed by atoms with E-state index >= 15 is 0 Å². The number of hydrogen-bond donors (Lipinski definition) is 0. The minimum atomic E-state index is -4.39. The fraction of sp³-hybridized carbons (Fsp3) is 0.400. The SMILES string of the molecule is O=C(c1cnccn1)N1CCC(c2nc(C(=O)N3CCN(c4cccc(C(F)(F)F)c4)CC3)cs2)CC1. The van der Waals surface area contributed by atoms with E-state index in [-0.39, 0.29) is 17.7 Å². The van der Waals surface area contributed by atoms with Gasteiger partial charge in [0.15, 0.2) is 0 Å². The van der Waals surface area contributed by atoms with Crippen LogP contribution in [0.15, 0.2) is 48.2 Å². The third-order valence-electron chi connectivity index (χ3n) is 6.76. The lowest BCUT2D eigenvalue weighted by Crippen LogP contribution is -2.49. The molecule has 2 amide bonds. The molecule has 194 valence electrons. The van der Waals surface area contributed by atoms with Crippen molar-refractivity contribution in [2.75, 3.05) is 44.2 Å². The number of benzene rings is 1. The zero-order valence-corrected chi connectivity index (χ0v) is 20.7. The molecule has 0 atom stereocenters. The van der Waals surface area contributed by atoms with Gasteiger partial charge in [-0.05, 0) is 31.0 Å². The number of thiazole rings is 1. The number of piperidine rings is 1. The number of aromatic nitrogens is 3. The highest BCUT2D eigenvalue weighted by Gasteiger charge is 2.32. The summed E-state index contributed by atoms with van der Waals surface area (Å²) < 4.78 is 39.2. The molecule has 0 radical (unpaired) electrons. The normalized spacial score (nSPS) is 17.2. The van der Waals surface area contributed by atoms with E-state index in [9.17, 15) is 22.8 Å². The number of carbonyl (C=O) groups is 2. The van der Waals surface area contributed by atoms with Gasteiger partial charge in [0.25, 0.3) is 11.8 Å². The van der Waals surface area contributed by atoms with Gasteiger partial charge in [-0.1, -0.05) is 6.07 Å². The number of anilines is 1. The summed E-state index contributed by atoms with van der Waals surface area (Å²) in [5.41, 5.74) is 0.547. The third-order valence-corrected chi connectivity index (χ3v) is 7.77. The van der Waals surface area contributed by atoms with E-state index in [0.29, 0.717) is 56.3 Å². The van der Waals surface area contributed by atoms with Crippen molar-refractivity contribution >= 4 is 28.8 Å². The number of hydrogen-bond acceptors (Lipinski definition) is 7. The first kappa shape index (κ1) is 25.1. The largest absolute Gasteiger partial charge is 0.416 e. The molecule has 2 aliphatic heterocycles. The smallest absolute Gasteiger partial charge is 0.368 e. The lowest BCUT2D eigenvalue weighted by Gasteiger charge is -2.36. The molecule has 2 aromatic heterocycles. The van der Waals surface area contributed by atoms with Crippen molar-refractivity contribution in [3.8, 4) is 0 Å². The average Bonchev–Trinajstić information content (AvgIpc) is 3.43. The summed E-state index contributed by atoms with van der Waals surface area (Å²) in [6, 6.07) is 5.27. The van der Waals surface area contributed by atoms with Gasteiger partial charge in [-0.2, -0.15) is 13.2 Å². The Bertz CT molecular complexity index is 1250. The minimum Gasteiger partial charge on any atom is -0.368 e. The van der Waals surface area contributed by atoms with Crippen LogP contribution in [-0.2, 0) is 6.18 Å². The Kier molecular flexibility index (Phi) is 7.09. The van der Waals surface area contributed by atoms with Crippen molar-refractivity contribution in [3.63, 3.8) is 0 Å². The van der Waals surface area contributed by atoms with Gasteiger partial charge in [0.05, 0.1) is 16.8 Å². The zero-order valence-electron chi connectivity index (χ0n) is 19.9. The third kappa shape index (κ3) is 5.58. The van der Waals surface area contributed by atoms with E-state index in [2.05, 4.69) is 15.0 Å². The molecule has 0 saturated carbocycles. The number of nitrogens with zero attached hydrogens (tertiary/aromatic N) is 6. The molecule has 3 aromatic rings. The lowest BCUT2D eigenvalue weighted by atomic mass is 9.97. The van der Waals surface area contributed by atoms with Crippen molar-refractivity contribution in [2.24, 2.45) is 0 Å². The van der Waals surface area contributed by atoms with Crippen molar-refractivity contribution < 1.29 is 22.8 Å². The molecule has 0 bridgehead atoms. The van der Waals surface area contributed by atoms with Crippen LogP contribution in [0.1, 0.15) is 50.3 Å². The Balaban J connectivity index is 1.15. The molecule has 0 N–H and O–H groups in total. The van der Waals surface area contributed by atoms with Gasteiger partial charge < -0.3 is 14.7 Å². The molecular weight excluding hydrogens is 505 g/mol. The second-order valence-corrected chi connectivity index (χ2v) is 9.95. The van der Waals surface area contributed by atoms with Crippen molar-refractivity contribution in [3.05, 3.63) is 70.2 Å². The Hall–Kier alpha value is -3.54. The van der Waals surface area contributed by atoms with Crippen molar-refractivity contribution in [2.45, 2.75) is 24.9 Å². The Labute approximate surface area is 215 Å². The number of amides is 2. The number of alkyl halides is 3. The quantitative estimate of drug-likeness (QED) is 0.509. The summed E-state index contributed by atoms with van der Waals surface area (Å²) >= 11 is 1.45. The van der Waals surface area contributed by atoms with E-state index in [0.717, 1.165) is 30.0 Å². The van der Waals surface area contributed by atoms with Gasteiger partial charge in [0, 0.05) is 68.6 Å². The predicted molar refractivity (Wildman–Crippen MR) is 132 cm³/mol. The van der Waals surface area contributed by atoms with Gasteiger partial charge in [-0.3, -0.25) is 14.6 Å². The van der Waals surface area contributed by atoms with E-state index in [4.69, 9.17) is 0 Å². The first-order chi connectivity index (χ1) is 17.8. The number of piperazine rings is 1. The highest BCUT2D eigenvalue weighted by Crippen LogP contribution is 2.33. The fourth-order valence-corrected chi connectivity index (χ4v) is 5.65. The van der Waals surface area contributed by atoms with Gasteiger partial charge in [-0.25, -0.2) is 9.97 Å². The predicted octanol–water partition coefficient (Wildman–Crippen LogP) is 3.93. The molecule has 8 nitrogen and oxygen atoms in total. The van der Waals surface area contributed by atoms with Crippen molar-refractivity contribution in [1.82, 2.24) is 24.8 Å². The molecule has 1 aromatic carbocycles. The highest BCUT2D eigenvalue weighted by molar-refractivity contribution is 7.09. The molecular formula is C25H25F3N6O2S. The summed E-state index contributed by atoms with van der Waals surface area (Å²) in [5.74, 6) is -0.123. The van der Waals surface area contributed by atoms with E-state index < -0.39 is 11.7 Å². The maximum absolute atomic E-state index is 13.1. The van der Waals surface area contributed by atoms with Crippen LogP contribution < -0.4 is 4.90 Å². The van der Waals surface area contributed by atoms with E-state index in [1.165, 1.54) is 36.0 Å². The number of rotatable bonds is 4. The van der Waals surface area contributed by atoms with Crippen LogP contribution in [0, 0.1) is 0 Å². The Morgan fingerprint density at radius 1 is 0.919 bits per heavy atom. The average molecular weight is 531 g/mol. The standard InChI is InChI=1S/C25H25F3N6O2S/c26-25(27,28)18-2-1-3-19(14-18)32-10-12-34(13-11-32)24(36)21-16-37-22(31-21)17-4-8-33(9-5-17)23(35)20-15-29-6-7-30-20/h1-3,6-7,14-17H,4-5,8-13H2. The molecule has 0 aliphatic carbocycles. The monoisotopic (exact) mass is 530 g/mol. The maximum atomic E-state index is 13.1. The molecule has 0 spiro atoms. The van der Waals surface area contributed by atoms with Crippen molar-refractivity contribution in [1.29, 1.82) is 0 Å². The lowest BCUT2D eigenvalue weighted by molar-refractivity contribution is -0.137. The molecule has 2 saturated heterocycles. The van der Waals surface area contributed by atoms with Crippen LogP contribution in [-0.4, -0.2) is 75.8 Å². The zero-order chi connectivity index (χ0) is 26.0. The molecule has 37 heavy (non-hydrogen) atoms. The highest BCUT2D eigenvalue weighted by atomic mass is 32.1. The molecule has 2 aliphatic rings. The molecule has 2 fully saturated rings. The second-order valence-electron chi connectivity index (χ2n) is 9.06. The summed E-state index contributed by atoms with van der Waals surface area (Å²) in [6.45, 7) is 2.88. The van der Waals surface area contributed by atoms with E-state index in [1.807, 2.05) is 4.90 Å². The van der Waals surface area contributed by atoms with Gasteiger partial charge in [0.2, 0.25) is 0 Å². The fourth-order valence-electron chi connectivity index (χ4n) is 4.68. The minimum absolute atomic E-state index is 0.133. The van der Waals surface area contributed by atoms with Gasteiger partial charge in [0.1, 0.15) is 11.4 Å². The Morgan fingerprint density at radius 2 is 1.62 bits per heavy atom. The second kappa shape index (κ2) is 10.4. The summed E-state index contributed by atoms with van der Waals surface area (Å²) in [5, 5.41) is 2.66. The van der Waals surface area contributed by atoms with Crippen LogP contribution in [0.2, 0.25) is 0 Å². The van der Waals surface area contributed by atoms with Crippen LogP contribution in [0.5, 0.6) is 0 Å². The maximum Gasteiger partial charge on any atom is 0.416 e. The molecule has 12 heteroatoms. The van der Waals surface area contributed by atoms with Crippen LogP contribution in [0.4, 0.5) is 18.9 Å². The molecule has 5 rings (SSSR count). The van der Waals surface area contributed by atoms with Gasteiger partial charge >= 0.3 is 6.18 Å². The molecule has 4 heterocycles. The van der Waals surface area contributed by atoms with E-state index in [1.54, 1.807) is 21.2 Å². The molecule has 0 unspecified atom stereocenters. The van der Waals surface area contributed by atoms with Gasteiger partial charge in [-0.15, -0.1) is 11.3 Å². The summed E-state index contributed by atoms with van der Waals surface area (Å²) in [6.07, 6.45) is 1.61.